The Bertz CT molecular complexity index is 956. The van der Waals surface area contributed by atoms with Crippen LogP contribution in [0.1, 0.15) is 52.9 Å². The van der Waals surface area contributed by atoms with E-state index in [-0.39, 0.29) is 34.4 Å². The van der Waals surface area contributed by atoms with Crippen LogP contribution < -0.4 is 10.6 Å². The van der Waals surface area contributed by atoms with Crippen LogP contribution in [-0.2, 0) is 14.4 Å². The number of anilines is 1. The molecule has 192 valence electrons. The summed E-state index contributed by atoms with van der Waals surface area (Å²) >= 11 is 5.45. The summed E-state index contributed by atoms with van der Waals surface area (Å²) in [4.78, 5) is 43.0. The van der Waals surface area contributed by atoms with Gasteiger partial charge < -0.3 is 20.6 Å². The molecule has 4 rings (SSSR count). The molecule has 9 heteroatoms. The van der Waals surface area contributed by atoms with E-state index in [1.807, 2.05) is 51.1 Å². The van der Waals surface area contributed by atoms with Crippen molar-refractivity contribution < 1.29 is 19.5 Å². The zero-order valence-electron chi connectivity index (χ0n) is 20.6. The molecule has 1 aromatic rings. The second kappa shape index (κ2) is 10.4. The van der Waals surface area contributed by atoms with Gasteiger partial charge in [0.05, 0.1) is 16.6 Å². The van der Waals surface area contributed by atoms with Gasteiger partial charge >= 0.3 is 0 Å². The van der Waals surface area contributed by atoms with Crippen LogP contribution in [0.2, 0.25) is 0 Å². The Morgan fingerprint density at radius 1 is 1.14 bits per heavy atom. The zero-order valence-corrected chi connectivity index (χ0v) is 23.0. The van der Waals surface area contributed by atoms with Crippen molar-refractivity contribution >= 4 is 51.1 Å². The van der Waals surface area contributed by atoms with Gasteiger partial charge in [0.25, 0.3) is 0 Å². The van der Waals surface area contributed by atoms with Gasteiger partial charge in [0.15, 0.2) is 0 Å². The van der Waals surface area contributed by atoms with Crippen molar-refractivity contribution in [2.45, 2.75) is 79.3 Å². The Morgan fingerprint density at radius 2 is 1.83 bits per heavy atom. The number of aliphatic hydroxyl groups excluding tert-OH is 1. The summed E-state index contributed by atoms with van der Waals surface area (Å²) in [5.74, 6) is -1.40. The van der Waals surface area contributed by atoms with Crippen molar-refractivity contribution in [1.82, 2.24) is 10.2 Å². The Kier molecular flexibility index (Phi) is 7.88. The zero-order chi connectivity index (χ0) is 25.4. The Morgan fingerprint density at radius 3 is 2.49 bits per heavy atom. The fourth-order valence-corrected chi connectivity index (χ4v) is 9.52. The van der Waals surface area contributed by atoms with E-state index < -0.39 is 28.2 Å². The third-order valence-corrected chi connectivity index (χ3v) is 10.4. The number of fused-ring (bicyclic) bond motifs is 1. The predicted molar refractivity (Wildman–Crippen MR) is 142 cm³/mol. The van der Waals surface area contributed by atoms with Crippen LogP contribution in [0, 0.1) is 11.8 Å². The SMILES string of the molecule is CC(C)(C)NC(=O)C1N(CCCCCCO)C(=O)[C@@H]2[C@H](C(=O)Nc3ccccc3)[C@H]3SC12CC3Br. The highest BCUT2D eigenvalue weighted by molar-refractivity contribution is 9.09. The van der Waals surface area contributed by atoms with Crippen LogP contribution in [0.15, 0.2) is 30.3 Å². The van der Waals surface area contributed by atoms with Crippen molar-refractivity contribution in [2.75, 3.05) is 18.5 Å². The van der Waals surface area contributed by atoms with Gasteiger partial charge in [-0.2, -0.15) is 0 Å². The lowest BCUT2D eigenvalue weighted by molar-refractivity contribution is -0.139. The summed E-state index contributed by atoms with van der Waals surface area (Å²) in [6.45, 7) is 6.47. The van der Waals surface area contributed by atoms with E-state index in [0.29, 0.717) is 18.7 Å². The minimum atomic E-state index is -0.630. The van der Waals surface area contributed by atoms with Gasteiger partial charge in [-0.25, -0.2) is 0 Å². The second-order valence-electron chi connectivity index (χ2n) is 10.9. The molecule has 3 saturated heterocycles. The lowest BCUT2D eigenvalue weighted by atomic mass is 9.70. The van der Waals surface area contributed by atoms with Crippen LogP contribution in [0.4, 0.5) is 5.69 Å². The van der Waals surface area contributed by atoms with Crippen molar-refractivity contribution in [3.63, 3.8) is 0 Å². The smallest absolute Gasteiger partial charge is 0.244 e. The van der Waals surface area contributed by atoms with Gasteiger partial charge in [0, 0.05) is 34.5 Å². The molecule has 1 spiro atoms. The molecule has 2 bridgehead atoms. The van der Waals surface area contributed by atoms with Crippen molar-refractivity contribution in [3.8, 4) is 0 Å². The number of para-hydroxylation sites is 1. The largest absolute Gasteiger partial charge is 0.396 e. The number of carbonyl (C=O) groups excluding carboxylic acids is 3. The molecule has 6 atom stereocenters. The standard InChI is InChI=1S/C26H36BrN3O4S/c1-25(2,3)29-23(33)21-26-15-17(27)20(35-26)18(22(32)28-16-11-7-6-8-12-16)19(26)24(34)30(21)13-9-4-5-10-14-31/h6-8,11-12,17-21,31H,4-5,9-10,13-15H2,1-3H3,(H,28,32)(H,29,33)/t17?,18-,19-,20-,21?,26?/m0/s1. The molecule has 3 unspecified atom stereocenters. The van der Waals surface area contributed by atoms with Crippen LogP contribution in [-0.4, -0.2) is 67.3 Å². The maximum absolute atomic E-state index is 13.9. The number of aliphatic hydroxyl groups is 1. The number of carbonyl (C=O) groups is 3. The third-order valence-electron chi connectivity index (χ3n) is 7.19. The molecule has 0 radical (unpaired) electrons. The molecule has 7 nitrogen and oxygen atoms in total. The van der Waals surface area contributed by atoms with E-state index in [9.17, 15) is 14.4 Å². The average molecular weight is 567 g/mol. The molecular formula is C26H36BrN3O4S. The minimum Gasteiger partial charge on any atom is -0.396 e. The molecule has 3 amide bonds. The number of halogens is 1. The monoisotopic (exact) mass is 565 g/mol. The number of alkyl halides is 1. The molecule has 3 aliphatic rings. The first kappa shape index (κ1) is 26.5. The number of amides is 3. The number of nitrogens with one attached hydrogen (secondary N) is 2. The van der Waals surface area contributed by atoms with Gasteiger partial charge in [-0.15, -0.1) is 11.8 Å². The molecule has 35 heavy (non-hydrogen) atoms. The summed E-state index contributed by atoms with van der Waals surface area (Å²) in [7, 11) is 0. The minimum absolute atomic E-state index is 0.0533. The molecule has 0 aromatic heterocycles. The number of benzene rings is 1. The van der Waals surface area contributed by atoms with Crippen LogP contribution in [0.5, 0.6) is 0 Å². The van der Waals surface area contributed by atoms with E-state index in [2.05, 4.69) is 26.6 Å². The summed E-state index contributed by atoms with van der Waals surface area (Å²) < 4.78 is -0.630. The predicted octanol–water partition coefficient (Wildman–Crippen LogP) is 3.56. The van der Waals surface area contributed by atoms with Gasteiger partial charge in [-0.1, -0.05) is 47.0 Å². The fourth-order valence-electron chi connectivity index (χ4n) is 5.90. The number of thioether (sulfide) groups is 1. The van der Waals surface area contributed by atoms with Crippen molar-refractivity contribution in [2.24, 2.45) is 11.8 Å². The number of nitrogens with zero attached hydrogens (tertiary/aromatic N) is 1. The maximum Gasteiger partial charge on any atom is 0.244 e. The fraction of sp³-hybridized carbons (Fsp3) is 0.654. The van der Waals surface area contributed by atoms with Gasteiger partial charge in [0.1, 0.15) is 6.04 Å². The summed E-state index contributed by atoms with van der Waals surface area (Å²) in [6.07, 6.45) is 3.94. The first-order valence-electron chi connectivity index (χ1n) is 12.5. The molecule has 0 aliphatic carbocycles. The molecule has 3 fully saturated rings. The van der Waals surface area contributed by atoms with Crippen molar-refractivity contribution in [1.29, 1.82) is 0 Å². The first-order valence-corrected chi connectivity index (χ1v) is 14.3. The number of hydrogen-bond acceptors (Lipinski definition) is 5. The quantitative estimate of drug-likeness (QED) is 0.314. The molecule has 1 aromatic carbocycles. The van der Waals surface area contributed by atoms with E-state index >= 15 is 0 Å². The van der Waals surface area contributed by atoms with Crippen LogP contribution in [0.3, 0.4) is 0 Å². The number of unbranched alkanes of at least 4 members (excludes halogenated alkanes) is 3. The van der Waals surface area contributed by atoms with Crippen molar-refractivity contribution in [3.05, 3.63) is 30.3 Å². The molecule has 3 N–H and O–H groups in total. The first-order chi connectivity index (χ1) is 16.6. The van der Waals surface area contributed by atoms with Crippen LogP contribution >= 0.6 is 27.7 Å². The van der Waals surface area contributed by atoms with E-state index in [0.717, 1.165) is 25.7 Å². The lowest BCUT2D eigenvalue weighted by Gasteiger charge is -2.36. The summed E-state index contributed by atoms with van der Waals surface area (Å²) in [5, 5.41) is 15.1. The Hall–Kier alpha value is -1.58. The molecular weight excluding hydrogens is 530 g/mol. The van der Waals surface area contributed by atoms with E-state index in [1.54, 1.807) is 16.7 Å². The number of likely N-dealkylation sites (tertiary alicyclic amines) is 1. The molecule has 0 saturated carbocycles. The number of hydrogen-bond donors (Lipinski definition) is 3. The van der Waals surface area contributed by atoms with Gasteiger partial charge in [-0.3, -0.25) is 14.4 Å². The highest BCUT2D eigenvalue weighted by Crippen LogP contribution is 2.67. The highest BCUT2D eigenvalue weighted by Gasteiger charge is 2.75. The molecule has 3 aliphatic heterocycles. The maximum atomic E-state index is 13.9. The summed E-state index contributed by atoms with van der Waals surface area (Å²) in [5.41, 5.74) is 0.277. The van der Waals surface area contributed by atoms with Gasteiger partial charge in [-0.05, 0) is 52.2 Å². The Balaban J connectivity index is 1.63. The lowest BCUT2D eigenvalue weighted by Crippen LogP contribution is -2.57. The van der Waals surface area contributed by atoms with E-state index in [1.165, 1.54) is 0 Å². The highest BCUT2D eigenvalue weighted by atomic mass is 79.9. The third kappa shape index (κ3) is 5.14. The normalized spacial score (nSPS) is 31.5. The topological polar surface area (TPSA) is 98.7 Å². The average Bonchev–Trinajstić information content (AvgIpc) is 3.36. The Labute approximate surface area is 220 Å². The number of rotatable bonds is 9. The second-order valence-corrected chi connectivity index (χ2v) is 13.6. The van der Waals surface area contributed by atoms with Crippen LogP contribution in [0.25, 0.3) is 0 Å². The molecule has 3 heterocycles. The summed E-state index contributed by atoms with van der Waals surface area (Å²) in [6, 6.07) is 8.70. The van der Waals surface area contributed by atoms with E-state index in [4.69, 9.17) is 5.11 Å². The van der Waals surface area contributed by atoms with Gasteiger partial charge in [0.2, 0.25) is 17.7 Å².